The Labute approximate surface area is 130 Å². The molecule has 0 heterocycles. The van der Waals surface area contributed by atoms with E-state index in [1.54, 1.807) is 0 Å². The van der Waals surface area contributed by atoms with Crippen molar-refractivity contribution in [2.24, 2.45) is 0 Å². The number of carbonyl (C=O) groups is 1. The number of esters is 1. The Morgan fingerprint density at radius 2 is 1.38 bits per heavy atom. The molecule has 0 amide bonds. The minimum atomic E-state index is -0.821. The minimum absolute atomic E-state index is 0.315. The van der Waals surface area contributed by atoms with Crippen LogP contribution in [0.25, 0.3) is 0 Å². The smallest absolute Gasteiger partial charge is 0.337 e. The summed E-state index contributed by atoms with van der Waals surface area (Å²) in [6, 6.07) is 0. The molecule has 0 spiro atoms. The molecule has 0 saturated heterocycles. The zero-order valence-electron chi connectivity index (χ0n) is 13.9. The van der Waals surface area contributed by atoms with Crippen LogP contribution >= 0.6 is 0 Å². The highest BCUT2D eigenvalue weighted by molar-refractivity contribution is 5.74. The van der Waals surface area contributed by atoms with Crippen LogP contribution < -0.4 is 0 Å². The van der Waals surface area contributed by atoms with Crippen molar-refractivity contribution in [2.75, 3.05) is 20.3 Å². The lowest BCUT2D eigenvalue weighted by Gasteiger charge is -2.12. The highest BCUT2D eigenvalue weighted by Gasteiger charge is 2.17. The zero-order chi connectivity index (χ0) is 15.8. The molecule has 1 N–H and O–H groups in total. The summed E-state index contributed by atoms with van der Waals surface area (Å²) >= 11 is 0. The third kappa shape index (κ3) is 12.8. The van der Waals surface area contributed by atoms with E-state index in [4.69, 9.17) is 9.84 Å². The molecule has 0 aromatic carbocycles. The molecule has 4 heteroatoms. The van der Waals surface area contributed by atoms with Gasteiger partial charge < -0.3 is 14.6 Å². The van der Waals surface area contributed by atoms with Gasteiger partial charge in [-0.3, -0.25) is 0 Å². The maximum atomic E-state index is 11.2. The number of aliphatic hydroxyl groups is 1. The van der Waals surface area contributed by atoms with E-state index in [1.807, 2.05) is 0 Å². The minimum Gasteiger partial charge on any atom is -0.467 e. The molecule has 0 aromatic rings. The van der Waals surface area contributed by atoms with E-state index in [1.165, 1.54) is 64.9 Å². The van der Waals surface area contributed by atoms with Gasteiger partial charge in [-0.05, 0) is 6.42 Å². The first kappa shape index (κ1) is 20.4. The molecule has 0 aliphatic rings. The van der Waals surface area contributed by atoms with Crippen molar-refractivity contribution in [1.29, 1.82) is 0 Å². The van der Waals surface area contributed by atoms with Crippen molar-refractivity contribution in [2.45, 2.75) is 83.7 Å². The van der Waals surface area contributed by atoms with E-state index in [2.05, 4.69) is 11.7 Å². The SMILES string of the molecule is CCCCCCCCCCCCCO[C@H](CO)C(=O)OC. The molecular weight excluding hydrogens is 268 g/mol. The predicted octanol–water partition coefficient (Wildman–Crippen LogP) is 3.85. The Morgan fingerprint density at radius 1 is 0.905 bits per heavy atom. The Bertz CT molecular complexity index is 231. The van der Waals surface area contributed by atoms with Crippen LogP contribution in [0.5, 0.6) is 0 Å². The van der Waals surface area contributed by atoms with Crippen molar-refractivity contribution in [3.05, 3.63) is 0 Å². The average molecular weight is 302 g/mol. The van der Waals surface area contributed by atoms with Gasteiger partial charge in [-0.15, -0.1) is 0 Å². The van der Waals surface area contributed by atoms with Crippen molar-refractivity contribution in [3.63, 3.8) is 0 Å². The van der Waals surface area contributed by atoms with Crippen LogP contribution in [0.15, 0.2) is 0 Å². The van der Waals surface area contributed by atoms with Gasteiger partial charge in [0.05, 0.1) is 13.7 Å². The summed E-state index contributed by atoms with van der Waals surface area (Å²) in [5, 5.41) is 8.98. The van der Waals surface area contributed by atoms with Crippen molar-refractivity contribution in [1.82, 2.24) is 0 Å². The van der Waals surface area contributed by atoms with Gasteiger partial charge in [0.2, 0.25) is 0 Å². The molecule has 21 heavy (non-hydrogen) atoms. The Balaban J connectivity index is 3.23. The van der Waals surface area contributed by atoms with Crippen molar-refractivity contribution >= 4 is 5.97 Å². The van der Waals surface area contributed by atoms with Gasteiger partial charge in [-0.25, -0.2) is 4.79 Å². The average Bonchev–Trinajstić information content (AvgIpc) is 2.51. The number of hydrogen-bond donors (Lipinski definition) is 1. The fraction of sp³-hybridized carbons (Fsp3) is 0.941. The summed E-state index contributed by atoms with van der Waals surface area (Å²) in [7, 11) is 1.30. The van der Waals surface area contributed by atoms with Crippen LogP contribution in [0.2, 0.25) is 0 Å². The number of rotatable bonds is 15. The lowest BCUT2D eigenvalue weighted by Crippen LogP contribution is -2.29. The normalized spacial score (nSPS) is 12.3. The Kier molecular flexibility index (Phi) is 15.3. The number of carbonyl (C=O) groups excluding carboxylic acids is 1. The Hall–Kier alpha value is -0.610. The van der Waals surface area contributed by atoms with Crippen LogP contribution in [0.4, 0.5) is 0 Å². The fourth-order valence-corrected chi connectivity index (χ4v) is 2.32. The maximum absolute atomic E-state index is 11.2. The van der Waals surface area contributed by atoms with Crippen LogP contribution in [0.3, 0.4) is 0 Å². The summed E-state index contributed by atoms with van der Waals surface area (Å²) in [5.74, 6) is -0.499. The second-order valence-electron chi connectivity index (χ2n) is 5.60. The van der Waals surface area contributed by atoms with Crippen LogP contribution in [-0.2, 0) is 14.3 Å². The van der Waals surface area contributed by atoms with Gasteiger partial charge in [-0.2, -0.15) is 0 Å². The summed E-state index contributed by atoms with van der Waals surface area (Å²) in [6.45, 7) is 2.44. The first-order chi connectivity index (χ1) is 10.3. The third-order valence-corrected chi connectivity index (χ3v) is 3.70. The number of methoxy groups -OCH3 is 1. The first-order valence-corrected chi connectivity index (χ1v) is 8.56. The van der Waals surface area contributed by atoms with Crippen molar-refractivity contribution in [3.8, 4) is 0 Å². The quantitative estimate of drug-likeness (QED) is 0.369. The highest BCUT2D eigenvalue weighted by atomic mass is 16.6. The first-order valence-electron chi connectivity index (χ1n) is 8.56. The van der Waals surface area contributed by atoms with E-state index in [9.17, 15) is 4.79 Å². The van der Waals surface area contributed by atoms with E-state index in [0.29, 0.717) is 6.61 Å². The number of ether oxygens (including phenoxy) is 2. The monoisotopic (exact) mass is 302 g/mol. The topological polar surface area (TPSA) is 55.8 Å². The molecule has 0 aliphatic heterocycles. The van der Waals surface area contributed by atoms with Gasteiger partial charge in [0.25, 0.3) is 0 Å². The number of hydrogen-bond acceptors (Lipinski definition) is 4. The number of unbranched alkanes of at least 4 members (excludes halogenated alkanes) is 10. The third-order valence-electron chi connectivity index (χ3n) is 3.70. The Morgan fingerprint density at radius 3 is 1.81 bits per heavy atom. The molecule has 0 rings (SSSR count). The molecular formula is C17H34O4. The summed E-state index contributed by atoms with van der Waals surface area (Å²) in [6.07, 6.45) is 13.3. The molecule has 0 saturated carbocycles. The second-order valence-corrected chi connectivity index (χ2v) is 5.60. The number of aliphatic hydroxyl groups excluding tert-OH is 1. The van der Waals surface area contributed by atoms with Crippen LogP contribution in [-0.4, -0.2) is 37.5 Å². The summed E-state index contributed by atoms with van der Waals surface area (Å²) in [5.41, 5.74) is 0. The summed E-state index contributed by atoms with van der Waals surface area (Å²) < 4.78 is 9.84. The summed E-state index contributed by atoms with van der Waals surface area (Å²) in [4.78, 5) is 11.2. The van der Waals surface area contributed by atoms with Gasteiger partial charge in [0.1, 0.15) is 0 Å². The molecule has 0 aromatic heterocycles. The van der Waals surface area contributed by atoms with Crippen LogP contribution in [0.1, 0.15) is 77.6 Å². The van der Waals surface area contributed by atoms with E-state index < -0.39 is 12.1 Å². The van der Waals surface area contributed by atoms with E-state index in [0.717, 1.165) is 12.8 Å². The molecule has 0 unspecified atom stereocenters. The van der Waals surface area contributed by atoms with Gasteiger partial charge in [0, 0.05) is 6.61 Å². The van der Waals surface area contributed by atoms with E-state index >= 15 is 0 Å². The molecule has 126 valence electrons. The lowest BCUT2D eigenvalue weighted by molar-refractivity contribution is -0.156. The zero-order valence-corrected chi connectivity index (χ0v) is 13.9. The molecule has 0 aliphatic carbocycles. The molecule has 0 fully saturated rings. The van der Waals surface area contributed by atoms with Gasteiger partial charge >= 0.3 is 5.97 Å². The lowest BCUT2D eigenvalue weighted by atomic mass is 10.1. The highest BCUT2D eigenvalue weighted by Crippen LogP contribution is 2.11. The van der Waals surface area contributed by atoms with Gasteiger partial charge in [-0.1, -0.05) is 71.1 Å². The fourth-order valence-electron chi connectivity index (χ4n) is 2.32. The largest absolute Gasteiger partial charge is 0.467 e. The molecule has 0 radical (unpaired) electrons. The molecule has 0 bridgehead atoms. The molecule has 1 atom stereocenters. The standard InChI is InChI=1S/C17H34O4/c1-3-4-5-6-7-8-9-10-11-12-13-14-21-16(15-18)17(19)20-2/h16,18H,3-15H2,1-2H3/t16-/m1/s1. The molecule has 4 nitrogen and oxygen atoms in total. The van der Waals surface area contributed by atoms with E-state index in [-0.39, 0.29) is 6.61 Å². The van der Waals surface area contributed by atoms with Gasteiger partial charge in [0.15, 0.2) is 6.10 Å². The second kappa shape index (κ2) is 15.8. The predicted molar refractivity (Wildman–Crippen MR) is 85.3 cm³/mol. The van der Waals surface area contributed by atoms with Crippen molar-refractivity contribution < 1.29 is 19.4 Å². The maximum Gasteiger partial charge on any atom is 0.337 e. The van der Waals surface area contributed by atoms with Crippen LogP contribution in [0, 0.1) is 0 Å².